The van der Waals surface area contributed by atoms with Gasteiger partial charge in [-0.3, -0.25) is 4.79 Å². The van der Waals surface area contributed by atoms with E-state index >= 15 is 0 Å². The topological polar surface area (TPSA) is 29.1 Å². The summed E-state index contributed by atoms with van der Waals surface area (Å²) in [7, 11) is 0. The first-order valence-electron chi connectivity index (χ1n) is 5.26. The van der Waals surface area contributed by atoms with Crippen molar-refractivity contribution >= 4 is 6.41 Å². The van der Waals surface area contributed by atoms with Gasteiger partial charge < -0.3 is 5.32 Å². The molecule has 1 amide bonds. The van der Waals surface area contributed by atoms with Crippen molar-refractivity contribution < 1.29 is 4.79 Å². The average molecular weight is 184 g/mol. The Morgan fingerprint density at radius 3 is 2.31 bits per heavy atom. The smallest absolute Gasteiger partial charge is 0.309 e. The quantitative estimate of drug-likeness (QED) is 0.456. The average Bonchev–Trinajstić information content (AvgIpc) is 2.04. The number of amides is 1. The second-order valence-corrected chi connectivity index (χ2v) is 4.28. The van der Waals surface area contributed by atoms with E-state index in [-0.39, 0.29) is 5.54 Å². The number of rotatable bonds is 8. The summed E-state index contributed by atoms with van der Waals surface area (Å²) in [6.07, 6.45) is 9.20. The lowest BCUT2D eigenvalue weighted by Gasteiger charge is -2.22. The Bertz CT molecular complexity index is 132. The summed E-state index contributed by atoms with van der Waals surface area (Å²) in [5, 5.41) is 2.71. The van der Waals surface area contributed by atoms with Crippen molar-refractivity contribution in [1.82, 2.24) is 5.32 Å². The molecule has 0 aromatic heterocycles. The summed E-state index contributed by atoms with van der Waals surface area (Å²) in [5.41, 5.74) is -0.0754. The third-order valence-electron chi connectivity index (χ3n) is 2.29. The van der Waals surface area contributed by atoms with Gasteiger partial charge in [0.25, 0.3) is 0 Å². The van der Waals surface area contributed by atoms with Crippen LogP contribution in [0.25, 0.3) is 0 Å². The lowest BCUT2D eigenvalue weighted by molar-refractivity contribution is 0.388. The van der Waals surface area contributed by atoms with E-state index in [0.29, 0.717) is 0 Å². The second kappa shape index (κ2) is 6.93. The van der Waals surface area contributed by atoms with Crippen LogP contribution in [0.4, 0.5) is 0 Å². The van der Waals surface area contributed by atoms with Crippen molar-refractivity contribution in [2.75, 3.05) is 0 Å². The van der Waals surface area contributed by atoms with Crippen molar-refractivity contribution in [3.63, 3.8) is 0 Å². The molecule has 2 heteroatoms. The van der Waals surface area contributed by atoms with Crippen LogP contribution in [0.1, 0.15) is 59.3 Å². The first-order chi connectivity index (χ1) is 6.12. The molecule has 0 aliphatic heterocycles. The first kappa shape index (κ1) is 12.5. The van der Waals surface area contributed by atoms with Gasteiger partial charge in [-0.1, -0.05) is 39.0 Å². The highest BCUT2D eigenvalue weighted by molar-refractivity contribution is 5.48. The van der Waals surface area contributed by atoms with Crippen LogP contribution in [0.3, 0.4) is 0 Å². The van der Waals surface area contributed by atoms with Crippen molar-refractivity contribution in [3.8, 4) is 0 Å². The highest BCUT2D eigenvalue weighted by Crippen LogP contribution is 2.14. The highest BCUT2D eigenvalue weighted by atomic mass is 16.1. The SMILES string of the molecule is CCCCCCCC(C)(C)N[C]=O. The number of nitrogens with one attached hydrogen (secondary N) is 1. The maximum absolute atomic E-state index is 10.1. The minimum atomic E-state index is -0.0754. The Hall–Kier alpha value is -0.530. The summed E-state index contributed by atoms with van der Waals surface area (Å²) >= 11 is 0. The summed E-state index contributed by atoms with van der Waals surface area (Å²) in [4.78, 5) is 10.1. The van der Waals surface area contributed by atoms with Crippen molar-refractivity contribution in [1.29, 1.82) is 0 Å². The molecular formula is C11H22NO. The molecule has 0 spiro atoms. The highest BCUT2D eigenvalue weighted by Gasteiger charge is 2.15. The van der Waals surface area contributed by atoms with E-state index in [4.69, 9.17) is 0 Å². The van der Waals surface area contributed by atoms with Gasteiger partial charge in [-0.05, 0) is 20.3 Å². The molecule has 0 heterocycles. The summed E-state index contributed by atoms with van der Waals surface area (Å²) in [6, 6.07) is 0. The number of hydrogen-bond donors (Lipinski definition) is 1. The Labute approximate surface area is 82.1 Å². The van der Waals surface area contributed by atoms with Crippen molar-refractivity contribution in [2.45, 2.75) is 64.8 Å². The van der Waals surface area contributed by atoms with E-state index in [0.717, 1.165) is 6.42 Å². The van der Waals surface area contributed by atoms with Gasteiger partial charge >= 0.3 is 6.41 Å². The van der Waals surface area contributed by atoms with Gasteiger partial charge in [-0.25, -0.2) is 0 Å². The molecule has 0 atom stereocenters. The molecule has 0 aromatic rings. The van der Waals surface area contributed by atoms with Crippen LogP contribution < -0.4 is 5.32 Å². The molecule has 0 saturated heterocycles. The van der Waals surface area contributed by atoms with Crippen LogP contribution in [0.2, 0.25) is 0 Å². The van der Waals surface area contributed by atoms with E-state index in [2.05, 4.69) is 12.2 Å². The van der Waals surface area contributed by atoms with Crippen LogP contribution in [-0.4, -0.2) is 11.9 Å². The lowest BCUT2D eigenvalue weighted by Crippen LogP contribution is -2.37. The molecule has 77 valence electrons. The fourth-order valence-corrected chi connectivity index (χ4v) is 1.37. The van der Waals surface area contributed by atoms with E-state index in [1.165, 1.54) is 32.1 Å². The molecule has 0 rings (SSSR count). The Morgan fingerprint density at radius 1 is 1.15 bits per heavy atom. The maximum atomic E-state index is 10.1. The Kier molecular flexibility index (Phi) is 6.65. The Balaban J connectivity index is 3.34. The summed E-state index contributed by atoms with van der Waals surface area (Å²) < 4.78 is 0. The van der Waals surface area contributed by atoms with Gasteiger partial charge in [0.15, 0.2) is 0 Å². The summed E-state index contributed by atoms with van der Waals surface area (Å²) in [6.45, 7) is 6.29. The van der Waals surface area contributed by atoms with E-state index < -0.39 is 0 Å². The normalized spacial score (nSPS) is 11.3. The molecule has 1 radical (unpaired) electrons. The van der Waals surface area contributed by atoms with Crippen LogP contribution >= 0.6 is 0 Å². The monoisotopic (exact) mass is 184 g/mol. The Morgan fingerprint density at radius 2 is 1.77 bits per heavy atom. The molecule has 0 unspecified atom stereocenters. The molecule has 1 N–H and O–H groups in total. The van der Waals surface area contributed by atoms with Gasteiger partial charge in [0.05, 0.1) is 0 Å². The van der Waals surface area contributed by atoms with Gasteiger partial charge in [0.2, 0.25) is 0 Å². The van der Waals surface area contributed by atoms with Gasteiger partial charge in [-0.15, -0.1) is 0 Å². The van der Waals surface area contributed by atoms with E-state index in [9.17, 15) is 4.79 Å². The predicted octanol–water partition coefficient (Wildman–Crippen LogP) is 2.78. The molecule has 13 heavy (non-hydrogen) atoms. The summed E-state index contributed by atoms with van der Waals surface area (Å²) in [5.74, 6) is 0. The lowest BCUT2D eigenvalue weighted by atomic mass is 9.96. The molecule has 0 aromatic carbocycles. The van der Waals surface area contributed by atoms with Crippen LogP contribution in [0.15, 0.2) is 0 Å². The molecule has 2 nitrogen and oxygen atoms in total. The van der Waals surface area contributed by atoms with Gasteiger partial charge in [0, 0.05) is 5.54 Å². The first-order valence-corrected chi connectivity index (χ1v) is 5.26. The van der Waals surface area contributed by atoms with Gasteiger partial charge in [0.1, 0.15) is 0 Å². The van der Waals surface area contributed by atoms with E-state index in [1.807, 2.05) is 13.8 Å². The zero-order valence-corrected chi connectivity index (χ0v) is 9.15. The molecule has 0 saturated carbocycles. The largest absolute Gasteiger partial charge is 0.343 e. The maximum Gasteiger partial charge on any atom is 0.309 e. The number of unbranched alkanes of at least 4 members (excludes halogenated alkanes) is 4. The molecule has 0 bridgehead atoms. The van der Waals surface area contributed by atoms with Gasteiger partial charge in [-0.2, -0.15) is 0 Å². The molecule has 0 aliphatic carbocycles. The van der Waals surface area contributed by atoms with Crippen LogP contribution in [0.5, 0.6) is 0 Å². The van der Waals surface area contributed by atoms with Crippen molar-refractivity contribution in [2.24, 2.45) is 0 Å². The third kappa shape index (κ3) is 7.82. The van der Waals surface area contributed by atoms with Crippen LogP contribution in [0, 0.1) is 0 Å². The van der Waals surface area contributed by atoms with Crippen LogP contribution in [-0.2, 0) is 4.79 Å². The second-order valence-electron chi connectivity index (χ2n) is 4.28. The third-order valence-corrected chi connectivity index (χ3v) is 2.29. The number of carbonyl (C=O) groups excluding carboxylic acids is 1. The molecular weight excluding hydrogens is 162 g/mol. The molecule has 0 fully saturated rings. The standard InChI is InChI=1S/C11H22NO/c1-4-5-6-7-8-9-11(2,3)12-10-13/h4-9H2,1-3H3,(H,12,13). The van der Waals surface area contributed by atoms with Crippen molar-refractivity contribution in [3.05, 3.63) is 0 Å². The zero-order valence-electron chi connectivity index (χ0n) is 9.15. The minimum absolute atomic E-state index is 0.0754. The fourth-order valence-electron chi connectivity index (χ4n) is 1.37. The fraction of sp³-hybridized carbons (Fsp3) is 0.909. The number of hydrogen-bond acceptors (Lipinski definition) is 1. The van der Waals surface area contributed by atoms with E-state index in [1.54, 1.807) is 6.41 Å². The predicted molar refractivity (Wildman–Crippen MR) is 56.3 cm³/mol. The zero-order chi connectivity index (χ0) is 10.2. The molecule has 0 aliphatic rings. The minimum Gasteiger partial charge on any atom is -0.343 e.